The van der Waals surface area contributed by atoms with Gasteiger partial charge in [-0.05, 0) is 18.2 Å². The fraction of sp³-hybridized carbons (Fsp3) is 0.250. The fourth-order valence-corrected chi connectivity index (χ4v) is 2.14. The molecule has 0 radical (unpaired) electrons. The number of nitrogens with zero attached hydrogens (tertiary/aromatic N) is 2. The Morgan fingerprint density at radius 2 is 1.96 bits per heavy atom. The molecule has 0 aliphatic rings. The first kappa shape index (κ1) is 16.9. The van der Waals surface area contributed by atoms with Crippen LogP contribution < -0.4 is 14.8 Å². The second-order valence-corrected chi connectivity index (χ2v) is 4.95. The number of benzene rings is 1. The summed E-state index contributed by atoms with van der Waals surface area (Å²) in [4.78, 5) is 12.0. The van der Waals surface area contributed by atoms with Crippen LogP contribution in [0.2, 0.25) is 0 Å². The number of rotatable bonds is 6. The lowest BCUT2D eigenvalue weighted by Crippen LogP contribution is -2.12. The van der Waals surface area contributed by atoms with Crippen LogP contribution in [0, 0.1) is 0 Å². The van der Waals surface area contributed by atoms with Crippen LogP contribution in [0.3, 0.4) is 0 Å². The number of aromatic nitrogens is 2. The normalized spacial score (nSPS) is 10.9. The summed E-state index contributed by atoms with van der Waals surface area (Å²) in [5.41, 5.74) is 0.0391. The highest BCUT2D eigenvalue weighted by atomic mass is 32.1. The molecule has 2 aromatic rings. The Morgan fingerprint density at radius 3 is 2.52 bits per heavy atom. The Labute approximate surface area is 131 Å². The number of hydrogen-bond donors (Lipinski definition) is 1. The second kappa shape index (κ2) is 7.22. The molecule has 2 rings (SSSR count). The van der Waals surface area contributed by atoms with Gasteiger partial charge in [-0.3, -0.25) is 10.1 Å². The average Bonchev–Trinajstić information content (AvgIpc) is 2.95. The number of ether oxygens (including phenoxy) is 2. The molecule has 1 heterocycles. The summed E-state index contributed by atoms with van der Waals surface area (Å²) < 4.78 is 58.3. The molecule has 0 saturated carbocycles. The molecule has 0 aliphatic heterocycles. The van der Waals surface area contributed by atoms with Crippen LogP contribution in [-0.4, -0.2) is 29.8 Å². The monoisotopic (exact) mass is 351 g/mol. The molecule has 0 spiro atoms. The lowest BCUT2D eigenvalue weighted by atomic mass is 10.2. The van der Waals surface area contributed by atoms with Crippen molar-refractivity contribution in [3.05, 3.63) is 28.8 Å². The van der Waals surface area contributed by atoms with Crippen LogP contribution in [0.1, 0.15) is 21.8 Å². The Balaban J connectivity index is 2.15. The molecule has 23 heavy (non-hydrogen) atoms. The van der Waals surface area contributed by atoms with E-state index in [0.717, 1.165) is 6.07 Å². The lowest BCUT2D eigenvalue weighted by molar-refractivity contribution is -0.0512. The molecule has 0 aliphatic carbocycles. The third kappa shape index (κ3) is 4.28. The summed E-state index contributed by atoms with van der Waals surface area (Å²) in [6, 6.07) is 3.51. The zero-order valence-electron chi connectivity index (χ0n) is 11.4. The quantitative estimate of drug-likeness (QED) is 0.808. The summed E-state index contributed by atoms with van der Waals surface area (Å²) in [5.74, 6) is -1.01. The van der Waals surface area contributed by atoms with Gasteiger partial charge in [0, 0.05) is 5.56 Å². The molecule has 0 unspecified atom stereocenters. The van der Waals surface area contributed by atoms with Crippen molar-refractivity contribution in [2.75, 3.05) is 12.4 Å². The van der Waals surface area contributed by atoms with Crippen molar-refractivity contribution in [1.29, 1.82) is 0 Å². The second-order valence-electron chi connectivity index (χ2n) is 3.94. The first-order valence-corrected chi connectivity index (χ1v) is 6.78. The molecular weight excluding hydrogens is 342 g/mol. The van der Waals surface area contributed by atoms with E-state index < -0.39 is 24.0 Å². The van der Waals surface area contributed by atoms with E-state index in [9.17, 15) is 22.4 Å². The molecule has 1 aromatic carbocycles. The summed E-state index contributed by atoms with van der Waals surface area (Å²) in [5, 5.41) is 8.25. The van der Waals surface area contributed by atoms with Gasteiger partial charge < -0.3 is 9.47 Å². The van der Waals surface area contributed by atoms with Crippen LogP contribution in [-0.2, 0) is 0 Å². The zero-order chi connectivity index (χ0) is 17.0. The molecule has 0 fully saturated rings. The third-order valence-electron chi connectivity index (χ3n) is 2.49. The van der Waals surface area contributed by atoms with Crippen molar-refractivity contribution in [3.8, 4) is 11.5 Å². The summed E-state index contributed by atoms with van der Waals surface area (Å²) in [7, 11) is 1.22. The summed E-state index contributed by atoms with van der Waals surface area (Å²) in [6.45, 7) is -3.04. The predicted molar refractivity (Wildman–Crippen MR) is 72.4 cm³/mol. The molecule has 124 valence electrons. The van der Waals surface area contributed by atoms with Gasteiger partial charge in [-0.2, -0.15) is 8.78 Å². The van der Waals surface area contributed by atoms with Crippen LogP contribution in [0.5, 0.6) is 11.5 Å². The van der Waals surface area contributed by atoms with Gasteiger partial charge in [-0.1, -0.05) is 11.3 Å². The largest absolute Gasteiger partial charge is 0.493 e. The number of nitrogens with one attached hydrogen (secondary N) is 1. The molecule has 1 N–H and O–H groups in total. The van der Waals surface area contributed by atoms with Gasteiger partial charge in [0.25, 0.3) is 12.3 Å². The van der Waals surface area contributed by atoms with Crippen molar-refractivity contribution in [2.45, 2.75) is 13.0 Å². The van der Waals surface area contributed by atoms with Crippen LogP contribution in [0.4, 0.5) is 22.7 Å². The van der Waals surface area contributed by atoms with Gasteiger partial charge in [-0.15, -0.1) is 10.2 Å². The fourth-order valence-electron chi connectivity index (χ4n) is 1.54. The Kier molecular flexibility index (Phi) is 5.32. The topological polar surface area (TPSA) is 73.3 Å². The molecule has 1 aromatic heterocycles. The van der Waals surface area contributed by atoms with Crippen LogP contribution >= 0.6 is 11.3 Å². The van der Waals surface area contributed by atoms with Crippen LogP contribution in [0.25, 0.3) is 0 Å². The van der Waals surface area contributed by atoms with Gasteiger partial charge >= 0.3 is 6.61 Å². The number of carbonyl (C=O) groups is 1. The Morgan fingerprint density at radius 1 is 1.22 bits per heavy atom. The first-order valence-electron chi connectivity index (χ1n) is 5.96. The maximum atomic E-state index is 12.4. The van der Waals surface area contributed by atoms with Gasteiger partial charge in [0.15, 0.2) is 16.5 Å². The first-order chi connectivity index (χ1) is 10.9. The molecule has 6 nitrogen and oxygen atoms in total. The van der Waals surface area contributed by atoms with E-state index in [-0.39, 0.29) is 22.2 Å². The summed E-state index contributed by atoms with van der Waals surface area (Å²) in [6.07, 6.45) is -2.79. The maximum absolute atomic E-state index is 12.4. The summed E-state index contributed by atoms with van der Waals surface area (Å²) >= 11 is 0.526. The van der Waals surface area contributed by atoms with E-state index in [1.165, 1.54) is 19.2 Å². The highest BCUT2D eigenvalue weighted by Gasteiger charge is 2.18. The van der Waals surface area contributed by atoms with Crippen molar-refractivity contribution >= 4 is 22.4 Å². The number of methoxy groups -OCH3 is 1. The van der Waals surface area contributed by atoms with Crippen molar-refractivity contribution in [1.82, 2.24) is 10.2 Å². The predicted octanol–water partition coefficient (Wildman–Crippen LogP) is 3.34. The van der Waals surface area contributed by atoms with Crippen molar-refractivity contribution in [2.24, 2.45) is 0 Å². The molecular formula is C12H9F4N3O3S. The van der Waals surface area contributed by atoms with Crippen molar-refractivity contribution < 1.29 is 31.8 Å². The van der Waals surface area contributed by atoms with Crippen molar-refractivity contribution in [3.63, 3.8) is 0 Å². The lowest BCUT2D eigenvalue weighted by Gasteiger charge is -2.11. The van der Waals surface area contributed by atoms with Gasteiger partial charge in [0.2, 0.25) is 5.13 Å². The molecule has 0 atom stereocenters. The van der Waals surface area contributed by atoms with E-state index in [2.05, 4.69) is 20.3 Å². The van der Waals surface area contributed by atoms with Gasteiger partial charge in [0.1, 0.15) is 0 Å². The minimum Gasteiger partial charge on any atom is -0.493 e. The van der Waals surface area contributed by atoms with E-state index in [0.29, 0.717) is 11.3 Å². The van der Waals surface area contributed by atoms with E-state index in [4.69, 9.17) is 4.74 Å². The maximum Gasteiger partial charge on any atom is 0.387 e. The number of carbonyl (C=O) groups excluding carboxylic acids is 1. The van der Waals surface area contributed by atoms with E-state index >= 15 is 0 Å². The SMILES string of the molecule is COc1cc(C(=O)Nc2nnc(C(F)F)s2)ccc1OC(F)F. The number of halogens is 4. The number of alkyl halides is 4. The Hall–Kier alpha value is -2.43. The standard InChI is InChI=1S/C12H9F4N3O3S/c1-21-7-4-5(2-3-6(7)22-11(15)16)9(20)17-12-19-18-10(23-12)8(13)14/h2-4,8,11H,1H3,(H,17,19,20). The molecule has 0 saturated heterocycles. The average molecular weight is 351 g/mol. The van der Waals surface area contributed by atoms with Gasteiger partial charge in [-0.25, -0.2) is 8.78 Å². The van der Waals surface area contributed by atoms with Crippen LogP contribution in [0.15, 0.2) is 18.2 Å². The Bertz CT molecular complexity index is 696. The number of anilines is 1. The highest BCUT2D eigenvalue weighted by Crippen LogP contribution is 2.30. The van der Waals surface area contributed by atoms with E-state index in [1.807, 2.05) is 0 Å². The van der Waals surface area contributed by atoms with Gasteiger partial charge in [0.05, 0.1) is 7.11 Å². The number of amides is 1. The van der Waals surface area contributed by atoms with E-state index in [1.54, 1.807) is 0 Å². The molecule has 0 bridgehead atoms. The molecule has 1 amide bonds. The number of hydrogen-bond acceptors (Lipinski definition) is 6. The smallest absolute Gasteiger partial charge is 0.387 e. The molecule has 11 heteroatoms. The minimum absolute atomic E-state index is 0.0391. The highest BCUT2D eigenvalue weighted by molar-refractivity contribution is 7.15. The zero-order valence-corrected chi connectivity index (χ0v) is 12.2. The third-order valence-corrected chi connectivity index (χ3v) is 3.34. The minimum atomic E-state index is -3.04.